The molecule has 0 aliphatic carbocycles. The van der Waals surface area contributed by atoms with Crippen molar-refractivity contribution in [2.24, 2.45) is 5.92 Å². The molecule has 0 radical (unpaired) electrons. The maximum absolute atomic E-state index is 13.1. The molecular weight excluding hydrogens is 442 g/mol. The minimum absolute atomic E-state index is 0.124. The molecule has 2 amide bonds. The number of benzene rings is 2. The van der Waals surface area contributed by atoms with E-state index in [0.717, 1.165) is 5.56 Å². The summed E-state index contributed by atoms with van der Waals surface area (Å²) in [5, 5.41) is 2.69. The quantitative estimate of drug-likeness (QED) is 0.613. The maximum atomic E-state index is 13.1. The fraction of sp³-hybridized carbons (Fsp3) is 0.417. The third kappa shape index (κ3) is 7.03. The van der Waals surface area contributed by atoms with E-state index >= 15 is 0 Å². The van der Waals surface area contributed by atoms with E-state index in [1.807, 2.05) is 44.2 Å². The van der Waals surface area contributed by atoms with Crippen molar-refractivity contribution in [1.29, 1.82) is 0 Å². The number of hydrogen-bond donors (Lipinski definition) is 2. The first-order valence-corrected chi connectivity index (χ1v) is 12.6. The standard InChI is InChI=1S/C24H31N3O5S/c1-18(2)22(25-24(29)32-17-19-9-5-3-6-10-19)23(28)27-15-13-20(14-16-27)26-33(30,31)21-11-7-4-8-12-21/h3-12,18,20,22,26H,13-17H2,1-2H3,(H,25,29)/t22-/m0/s1. The summed E-state index contributed by atoms with van der Waals surface area (Å²) in [5.74, 6) is -0.317. The lowest BCUT2D eigenvalue weighted by Gasteiger charge is -2.35. The first-order valence-electron chi connectivity index (χ1n) is 11.1. The molecule has 1 saturated heterocycles. The van der Waals surface area contributed by atoms with Crippen LogP contribution in [0, 0.1) is 5.92 Å². The molecular formula is C24H31N3O5S. The molecule has 0 bridgehead atoms. The van der Waals surface area contributed by atoms with Crippen LogP contribution in [0.15, 0.2) is 65.6 Å². The summed E-state index contributed by atoms with van der Waals surface area (Å²) in [6, 6.07) is 16.6. The number of alkyl carbamates (subject to hydrolysis) is 1. The number of rotatable bonds is 8. The molecule has 9 heteroatoms. The van der Waals surface area contributed by atoms with Crippen molar-refractivity contribution >= 4 is 22.0 Å². The Balaban J connectivity index is 1.51. The molecule has 1 aliphatic heterocycles. The molecule has 33 heavy (non-hydrogen) atoms. The van der Waals surface area contributed by atoms with Gasteiger partial charge in [-0.3, -0.25) is 4.79 Å². The first kappa shape index (κ1) is 24.7. The highest BCUT2D eigenvalue weighted by Gasteiger charge is 2.32. The summed E-state index contributed by atoms with van der Waals surface area (Å²) >= 11 is 0. The molecule has 1 atom stereocenters. The van der Waals surface area contributed by atoms with Gasteiger partial charge in [0.05, 0.1) is 4.90 Å². The van der Waals surface area contributed by atoms with Crippen LogP contribution in [-0.2, 0) is 26.2 Å². The van der Waals surface area contributed by atoms with Gasteiger partial charge in [-0.2, -0.15) is 0 Å². The lowest BCUT2D eigenvalue weighted by Crippen LogP contribution is -2.54. The average Bonchev–Trinajstić information content (AvgIpc) is 2.82. The highest BCUT2D eigenvalue weighted by atomic mass is 32.2. The smallest absolute Gasteiger partial charge is 0.408 e. The van der Waals surface area contributed by atoms with Crippen LogP contribution in [0.25, 0.3) is 0 Å². The van der Waals surface area contributed by atoms with E-state index in [0.29, 0.717) is 25.9 Å². The minimum Gasteiger partial charge on any atom is -0.445 e. The van der Waals surface area contributed by atoms with Gasteiger partial charge >= 0.3 is 6.09 Å². The zero-order valence-electron chi connectivity index (χ0n) is 18.9. The van der Waals surface area contributed by atoms with Crippen LogP contribution in [0.4, 0.5) is 4.79 Å². The Morgan fingerprint density at radius 1 is 1.00 bits per heavy atom. The molecule has 2 aromatic rings. The van der Waals surface area contributed by atoms with E-state index in [1.54, 1.807) is 35.2 Å². The normalized spacial score (nSPS) is 15.8. The van der Waals surface area contributed by atoms with E-state index in [1.165, 1.54) is 0 Å². The molecule has 0 saturated carbocycles. The van der Waals surface area contributed by atoms with Gasteiger partial charge in [-0.05, 0) is 36.5 Å². The molecule has 1 fully saturated rings. The van der Waals surface area contributed by atoms with Crippen LogP contribution < -0.4 is 10.0 Å². The Morgan fingerprint density at radius 2 is 1.58 bits per heavy atom. The first-order chi connectivity index (χ1) is 15.8. The van der Waals surface area contributed by atoms with E-state index in [4.69, 9.17) is 4.74 Å². The average molecular weight is 474 g/mol. The van der Waals surface area contributed by atoms with Crippen molar-refractivity contribution in [1.82, 2.24) is 14.9 Å². The van der Waals surface area contributed by atoms with Crippen molar-refractivity contribution in [3.8, 4) is 0 Å². The summed E-state index contributed by atoms with van der Waals surface area (Å²) in [7, 11) is -3.60. The van der Waals surface area contributed by atoms with Crippen molar-refractivity contribution in [3.63, 3.8) is 0 Å². The molecule has 1 aliphatic rings. The molecule has 2 N–H and O–H groups in total. The molecule has 1 heterocycles. The number of nitrogens with one attached hydrogen (secondary N) is 2. The van der Waals surface area contributed by atoms with Crippen LogP contribution in [0.5, 0.6) is 0 Å². The van der Waals surface area contributed by atoms with Gasteiger partial charge in [0, 0.05) is 19.1 Å². The minimum atomic E-state index is -3.60. The van der Waals surface area contributed by atoms with Crippen LogP contribution in [-0.4, -0.2) is 50.5 Å². The van der Waals surface area contributed by atoms with Gasteiger partial charge in [0.25, 0.3) is 0 Å². The summed E-state index contributed by atoms with van der Waals surface area (Å²) < 4.78 is 33.1. The number of nitrogens with zero attached hydrogens (tertiary/aromatic N) is 1. The predicted molar refractivity (Wildman–Crippen MR) is 125 cm³/mol. The van der Waals surface area contributed by atoms with Gasteiger partial charge in [0.15, 0.2) is 0 Å². The summed E-state index contributed by atoms with van der Waals surface area (Å²) in [5.41, 5.74) is 0.861. The Labute approximate surface area is 195 Å². The second kappa shape index (κ2) is 11.3. The van der Waals surface area contributed by atoms with E-state index in [2.05, 4.69) is 10.0 Å². The zero-order chi connectivity index (χ0) is 23.8. The fourth-order valence-corrected chi connectivity index (χ4v) is 5.03. The lowest BCUT2D eigenvalue weighted by molar-refractivity contribution is -0.135. The third-order valence-electron chi connectivity index (χ3n) is 5.60. The second-order valence-electron chi connectivity index (χ2n) is 8.46. The van der Waals surface area contributed by atoms with Gasteiger partial charge in [0.2, 0.25) is 15.9 Å². The number of carbonyl (C=O) groups excluding carboxylic acids is 2. The van der Waals surface area contributed by atoms with Gasteiger partial charge in [-0.25, -0.2) is 17.9 Å². The molecule has 3 rings (SSSR count). The molecule has 178 valence electrons. The molecule has 8 nitrogen and oxygen atoms in total. The van der Waals surface area contributed by atoms with E-state index in [9.17, 15) is 18.0 Å². The number of piperidine rings is 1. The van der Waals surface area contributed by atoms with Crippen LogP contribution in [0.3, 0.4) is 0 Å². The Morgan fingerprint density at radius 3 is 2.15 bits per heavy atom. The van der Waals surface area contributed by atoms with Crippen molar-refractivity contribution in [3.05, 3.63) is 66.2 Å². The van der Waals surface area contributed by atoms with Crippen molar-refractivity contribution in [2.75, 3.05) is 13.1 Å². The number of carbonyl (C=O) groups is 2. The number of amides is 2. The number of ether oxygens (including phenoxy) is 1. The van der Waals surface area contributed by atoms with Gasteiger partial charge in [0.1, 0.15) is 12.6 Å². The van der Waals surface area contributed by atoms with Crippen molar-refractivity contribution in [2.45, 2.75) is 50.3 Å². The molecule has 0 unspecified atom stereocenters. The van der Waals surface area contributed by atoms with Crippen molar-refractivity contribution < 1.29 is 22.7 Å². The predicted octanol–water partition coefficient (Wildman–Crippen LogP) is 2.91. The van der Waals surface area contributed by atoms with Crippen LogP contribution in [0.2, 0.25) is 0 Å². The second-order valence-corrected chi connectivity index (χ2v) is 10.2. The molecule has 0 spiro atoms. The van der Waals surface area contributed by atoms with Gasteiger partial charge in [-0.1, -0.05) is 62.4 Å². The van der Waals surface area contributed by atoms with Crippen LogP contribution in [0.1, 0.15) is 32.3 Å². The summed E-state index contributed by atoms with van der Waals surface area (Å²) in [6.07, 6.45) is 0.360. The highest BCUT2D eigenvalue weighted by Crippen LogP contribution is 2.17. The summed E-state index contributed by atoms with van der Waals surface area (Å²) in [6.45, 7) is 4.66. The largest absolute Gasteiger partial charge is 0.445 e. The van der Waals surface area contributed by atoms with Crippen LogP contribution >= 0.6 is 0 Å². The molecule has 2 aromatic carbocycles. The van der Waals surface area contributed by atoms with E-state index in [-0.39, 0.29) is 29.4 Å². The topological polar surface area (TPSA) is 105 Å². The number of likely N-dealkylation sites (tertiary alicyclic amines) is 1. The van der Waals surface area contributed by atoms with E-state index < -0.39 is 22.2 Å². The Hall–Kier alpha value is -2.91. The molecule has 0 aromatic heterocycles. The monoisotopic (exact) mass is 473 g/mol. The number of sulfonamides is 1. The summed E-state index contributed by atoms with van der Waals surface area (Å²) in [4.78, 5) is 27.3. The Bertz CT molecular complexity index is 1020. The lowest BCUT2D eigenvalue weighted by atomic mass is 10.00. The highest BCUT2D eigenvalue weighted by molar-refractivity contribution is 7.89. The maximum Gasteiger partial charge on any atom is 0.408 e. The number of hydrogen-bond acceptors (Lipinski definition) is 5. The zero-order valence-corrected chi connectivity index (χ0v) is 19.8. The third-order valence-corrected chi connectivity index (χ3v) is 7.14. The van der Waals surface area contributed by atoms with Gasteiger partial charge in [-0.15, -0.1) is 0 Å². The SMILES string of the molecule is CC(C)[C@H](NC(=O)OCc1ccccc1)C(=O)N1CCC(NS(=O)(=O)c2ccccc2)CC1. The fourth-order valence-electron chi connectivity index (χ4n) is 3.71. The Kier molecular flexibility index (Phi) is 8.46. The van der Waals surface area contributed by atoms with Gasteiger partial charge < -0.3 is 15.0 Å².